The average molecular weight is 503 g/mol. The second-order valence-electron chi connectivity index (χ2n) is 9.96. The van der Waals surface area contributed by atoms with Crippen LogP contribution in [0.25, 0.3) is 11.4 Å². The number of imidazole rings is 1. The number of nitrogens with zero attached hydrogens (tertiary/aromatic N) is 2. The van der Waals surface area contributed by atoms with E-state index >= 15 is 0 Å². The molecule has 3 aromatic rings. The summed E-state index contributed by atoms with van der Waals surface area (Å²) >= 11 is 0. The Kier molecular flexibility index (Phi) is 9.95. The number of hydrogen-bond acceptors (Lipinski definition) is 4. The molecule has 0 aliphatic rings. The molecule has 3 rings (SSSR count). The Labute approximate surface area is 216 Å². The molecule has 6 heteroatoms. The summed E-state index contributed by atoms with van der Waals surface area (Å²) < 4.78 is 13.3. The second-order valence-corrected chi connectivity index (χ2v) is 14.7. The van der Waals surface area contributed by atoms with Crippen molar-refractivity contribution in [2.45, 2.75) is 65.7 Å². The van der Waals surface area contributed by atoms with Crippen LogP contribution in [-0.2, 0) is 16.1 Å². The van der Waals surface area contributed by atoms with E-state index in [0.29, 0.717) is 26.2 Å². The standard InChI is InChI=1S/C30H38N2O3Si/c1-6-34-29(33)14-8-7-11-20-35-28-13-10-9-12-27(28)23-32-24(2)22-31-30(32)26-17-15-25(16-18-26)19-21-36(3,4)5/h9-10,12-13,15-18,22H,6-8,11,14,20,23H2,1-5H3. The summed E-state index contributed by atoms with van der Waals surface area (Å²) in [6.45, 7) is 12.4. The average Bonchev–Trinajstić information content (AvgIpc) is 3.21. The first-order valence-corrected chi connectivity index (χ1v) is 16.3. The molecule has 2 aromatic carbocycles. The number of benzene rings is 2. The van der Waals surface area contributed by atoms with E-state index in [1.807, 2.05) is 31.3 Å². The third-order valence-electron chi connectivity index (χ3n) is 5.67. The molecule has 0 aliphatic heterocycles. The summed E-state index contributed by atoms with van der Waals surface area (Å²) in [4.78, 5) is 16.2. The minimum Gasteiger partial charge on any atom is -0.493 e. The van der Waals surface area contributed by atoms with Crippen molar-refractivity contribution in [3.63, 3.8) is 0 Å². The second kappa shape index (κ2) is 13.1. The van der Waals surface area contributed by atoms with Crippen molar-refractivity contribution in [3.05, 3.63) is 71.5 Å². The van der Waals surface area contributed by atoms with Crippen LogP contribution >= 0.6 is 0 Å². The van der Waals surface area contributed by atoms with Gasteiger partial charge in [0, 0.05) is 35.0 Å². The summed E-state index contributed by atoms with van der Waals surface area (Å²) in [6, 6.07) is 16.5. The molecule has 0 amide bonds. The molecule has 0 atom stereocenters. The van der Waals surface area contributed by atoms with Crippen LogP contribution in [0.3, 0.4) is 0 Å². The van der Waals surface area contributed by atoms with Crippen LogP contribution in [0.15, 0.2) is 54.7 Å². The van der Waals surface area contributed by atoms with Crippen LogP contribution in [-0.4, -0.2) is 36.8 Å². The van der Waals surface area contributed by atoms with Gasteiger partial charge < -0.3 is 14.0 Å². The molecular formula is C30H38N2O3Si. The number of unbranched alkanes of at least 4 members (excludes halogenated alkanes) is 2. The van der Waals surface area contributed by atoms with Crippen LogP contribution in [0.5, 0.6) is 5.75 Å². The van der Waals surface area contributed by atoms with Gasteiger partial charge in [-0.1, -0.05) is 55.9 Å². The summed E-state index contributed by atoms with van der Waals surface area (Å²) in [5, 5.41) is 0. The maximum absolute atomic E-state index is 11.5. The molecule has 0 spiro atoms. The predicted octanol–water partition coefficient (Wildman–Crippen LogP) is 6.64. The normalized spacial score (nSPS) is 11.0. The highest BCUT2D eigenvalue weighted by atomic mass is 28.3. The highest BCUT2D eigenvalue weighted by Crippen LogP contribution is 2.25. The zero-order valence-electron chi connectivity index (χ0n) is 22.3. The van der Waals surface area contributed by atoms with Gasteiger partial charge in [0.25, 0.3) is 0 Å². The molecule has 0 unspecified atom stereocenters. The van der Waals surface area contributed by atoms with Crippen molar-refractivity contribution in [1.29, 1.82) is 0 Å². The smallest absolute Gasteiger partial charge is 0.305 e. The van der Waals surface area contributed by atoms with Crippen LogP contribution in [0, 0.1) is 18.4 Å². The lowest BCUT2D eigenvalue weighted by Gasteiger charge is -2.15. The van der Waals surface area contributed by atoms with Crippen molar-refractivity contribution in [3.8, 4) is 28.6 Å². The van der Waals surface area contributed by atoms with Gasteiger partial charge >= 0.3 is 5.97 Å². The molecule has 0 radical (unpaired) electrons. The van der Waals surface area contributed by atoms with Gasteiger partial charge in [0.2, 0.25) is 0 Å². The van der Waals surface area contributed by atoms with E-state index in [9.17, 15) is 4.79 Å². The molecule has 0 N–H and O–H groups in total. The molecule has 0 aliphatic carbocycles. The van der Waals surface area contributed by atoms with E-state index in [0.717, 1.165) is 53.2 Å². The van der Waals surface area contributed by atoms with Gasteiger partial charge in [-0.05, 0) is 51.3 Å². The van der Waals surface area contributed by atoms with Crippen molar-refractivity contribution < 1.29 is 14.3 Å². The molecule has 1 aromatic heterocycles. The van der Waals surface area contributed by atoms with Gasteiger partial charge in [-0.15, -0.1) is 5.54 Å². The molecule has 0 fully saturated rings. The first-order chi connectivity index (χ1) is 17.3. The maximum atomic E-state index is 11.5. The molecule has 0 saturated carbocycles. The molecular weight excluding hydrogens is 464 g/mol. The third-order valence-corrected chi connectivity index (χ3v) is 6.54. The zero-order chi connectivity index (χ0) is 26.0. The number of aromatic nitrogens is 2. The zero-order valence-corrected chi connectivity index (χ0v) is 23.3. The van der Waals surface area contributed by atoms with Gasteiger partial charge in [0.15, 0.2) is 0 Å². The van der Waals surface area contributed by atoms with Gasteiger partial charge in [0.05, 0.1) is 19.8 Å². The molecule has 190 valence electrons. The van der Waals surface area contributed by atoms with E-state index < -0.39 is 8.07 Å². The number of rotatable bonds is 11. The van der Waals surface area contributed by atoms with E-state index in [4.69, 9.17) is 14.5 Å². The Hall–Kier alpha value is -3.30. The summed E-state index contributed by atoms with van der Waals surface area (Å²) in [7, 11) is -1.40. The molecule has 36 heavy (non-hydrogen) atoms. The number of carbonyl (C=O) groups is 1. The lowest BCUT2D eigenvalue weighted by Crippen LogP contribution is -2.16. The monoisotopic (exact) mass is 502 g/mol. The Morgan fingerprint density at radius 1 is 1.03 bits per heavy atom. The number of para-hydroxylation sites is 1. The van der Waals surface area contributed by atoms with Gasteiger partial charge in [0.1, 0.15) is 19.6 Å². The van der Waals surface area contributed by atoms with Crippen molar-refractivity contribution in [2.75, 3.05) is 13.2 Å². The maximum Gasteiger partial charge on any atom is 0.305 e. The first kappa shape index (κ1) is 27.3. The summed E-state index contributed by atoms with van der Waals surface area (Å²) in [5.41, 5.74) is 7.75. The van der Waals surface area contributed by atoms with E-state index in [2.05, 4.69) is 72.9 Å². The number of carbonyl (C=O) groups excluding carboxylic acids is 1. The Balaban J connectivity index is 1.65. The van der Waals surface area contributed by atoms with Crippen LogP contribution in [0.4, 0.5) is 0 Å². The fraction of sp³-hybridized carbons (Fsp3) is 0.400. The number of esters is 1. The van der Waals surface area contributed by atoms with Crippen LogP contribution in [0.2, 0.25) is 19.6 Å². The highest BCUT2D eigenvalue weighted by molar-refractivity contribution is 6.83. The number of hydrogen-bond donors (Lipinski definition) is 0. The van der Waals surface area contributed by atoms with E-state index in [1.165, 1.54) is 0 Å². The minimum atomic E-state index is -1.40. The van der Waals surface area contributed by atoms with Crippen molar-refractivity contribution in [1.82, 2.24) is 9.55 Å². The highest BCUT2D eigenvalue weighted by Gasteiger charge is 2.13. The van der Waals surface area contributed by atoms with Crippen LogP contribution in [0.1, 0.15) is 49.4 Å². The van der Waals surface area contributed by atoms with Gasteiger partial charge in [-0.2, -0.15) is 0 Å². The summed E-state index contributed by atoms with van der Waals surface area (Å²) in [5.74, 6) is 5.02. The summed E-state index contributed by atoms with van der Waals surface area (Å²) in [6.07, 6.45) is 5.05. The predicted molar refractivity (Wildman–Crippen MR) is 149 cm³/mol. The Morgan fingerprint density at radius 3 is 2.50 bits per heavy atom. The minimum absolute atomic E-state index is 0.121. The molecule has 0 bridgehead atoms. The topological polar surface area (TPSA) is 53.4 Å². The third kappa shape index (κ3) is 8.42. The van der Waals surface area contributed by atoms with Crippen LogP contribution < -0.4 is 4.74 Å². The fourth-order valence-corrected chi connectivity index (χ4v) is 4.28. The van der Waals surface area contributed by atoms with Crippen molar-refractivity contribution in [2.24, 2.45) is 0 Å². The molecule has 5 nitrogen and oxygen atoms in total. The first-order valence-electron chi connectivity index (χ1n) is 12.8. The van der Waals surface area contributed by atoms with Gasteiger partial charge in [-0.3, -0.25) is 4.79 Å². The number of ether oxygens (including phenoxy) is 2. The quantitative estimate of drug-likeness (QED) is 0.128. The molecule has 1 heterocycles. The largest absolute Gasteiger partial charge is 0.493 e. The molecule has 0 saturated heterocycles. The van der Waals surface area contributed by atoms with Crippen molar-refractivity contribution >= 4 is 14.0 Å². The van der Waals surface area contributed by atoms with E-state index in [-0.39, 0.29) is 5.97 Å². The Bertz CT molecular complexity index is 1200. The van der Waals surface area contributed by atoms with E-state index in [1.54, 1.807) is 0 Å². The fourth-order valence-electron chi connectivity index (χ4n) is 3.76. The SMILES string of the molecule is CCOC(=O)CCCCCOc1ccccc1Cn1c(C)cnc1-c1ccc(C#C[Si](C)(C)C)cc1. The Morgan fingerprint density at radius 2 is 1.78 bits per heavy atom. The van der Waals surface area contributed by atoms with Gasteiger partial charge in [-0.25, -0.2) is 4.98 Å². The number of aryl methyl sites for hydroxylation is 1. The lowest BCUT2D eigenvalue weighted by molar-refractivity contribution is -0.143. The lowest BCUT2D eigenvalue weighted by atomic mass is 10.1.